The van der Waals surface area contributed by atoms with Crippen LogP contribution in [0, 0.1) is 5.92 Å². The second-order valence-electron chi connectivity index (χ2n) is 9.21. The van der Waals surface area contributed by atoms with Crippen LogP contribution in [0.25, 0.3) is 11.1 Å². The largest absolute Gasteiger partial charge is 0.481 e. The first-order valence-electron chi connectivity index (χ1n) is 12.1. The lowest BCUT2D eigenvalue weighted by Crippen LogP contribution is -2.51. The molecule has 35 heavy (non-hydrogen) atoms. The van der Waals surface area contributed by atoms with Crippen LogP contribution in [-0.2, 0) is 14.3 Å². The summed E-state index contributed by atoms with van der Waals surface area (Å²) >= 11 is 1.59. The molecule has 0 saturated heterocycles. The van der Waals surface area contributed by atoms with Crippen LogP contribution in [0.1, 0.15) is 49.1 Å². The molecule has 0 bridgehead atoms. The van der Waals surface area contributed by atoms with Crippen molar-refractivity contribution in [2.75, 3.05) is 18.6 Å². The summed E-state index contributed by atoms with van der Waals surface area (Å²) in [6.07, 6.45) is 4.34. The number of carbonyl (C=O) groups is 3. The summed E-state index contributed by atoms with van der Waals surface area (Å²) in [5, 5.41) is 15.0. The Kier molecular flexibility index (Phi) is 8.33. The van der Waals surface area contributed by atoms with E-state index in [1.807, 2.05) is 30.5 Å². The van der Waals surface area contributed by atoms with E-state index in [1.165, 1.54) is 0 Å². The third-order valence-corrected chi connectivity index (χ3v) is 7.58. The maximum Gasteiger partial charge on any atom is 0.407 e. The Morgan fingerprint density at radius 3 is 2.34 bits per heavy atom. The van der Waals surface area contributed by atoms with E-state index in [1.54, 1.807) is 11.8 Å². The van der Waals surface area contributed by atoms with E-state index in [2.05, 4.69) is 34.9 Å². The van der Waals surface area contributed by atoms with Gasteiger partial charge in [0.05, 0.1) is 5.92 Å². The lowest BCUT2D eigenvalue weighted by molar-refractivity contribution is -0.143. The highest BCUT2D eigenvalue weighted by Crippen LogP contribution is 2.44. The molecule has 2 aromatic rings. The molecule has 1 fully saturated rings. The molecular formula is C27H32N2O5S. The van der Waals surface area contributed by atoms with Gasteiger partial charge in [-0.25, -0.2) is 4.79 Å². The van der Waals surface area contributed by atoms with Crippen molar-refractivity contribution >= 4 is 29.7 Å². The predicted octanol–water partition coefficient (Wildman–Crippen LogP) is 4.41. The Hall–Kier alpha value is -3.00. The molecule has 2 aromatic carbocycles. The van der Waals surface area contributed by atoms with Crippen molar-refractivity contribution in [3.8, 4) is 11.1 Å². The van der Waals surface area contributed by atoms with Crippen molar-refractivity contribution in [2.45, 2.75) is 50.1 Å². The summed E-state index contributed by atoms with van der Waals surface area (Å²) in [5.74, 6) is -0.900. The smallest absolute Gasteiger partial charge is 0.407 e. The van der Waals surface area contributed by atoms with Gasteiger partial charge in [0.25, 0.3) is 0 Å². The van der Waals surface area contributed by atoms with Crippen molar-refractivity contribution in [1.82, 2.24) is 10.6 Å². The third kappa shape index (κ3) is 5.99. The van der Waals surface area contributed by atoms with E-state index in [-0.39, 0.29) is 24.5 Å². The fourth-order valence-corrected chi connectivity index (χ4v) is 5.61. The first-order valence-corrected chi connectivity index (χ1v) is 13.5. The molecule has 3 atom stereocenters. The summed E-state index contributed by atoms with van der Waals surface area (Å²) < 4.78 is 5.62. The van der Waals surface area contributed by atoms with Crippen molar-refractivity contribution in [3.05, 3.63) is 59.7 Å². The SMILES string of the molecule is CSCC[C@H](NC(=O)OCC1c2ccccc2-c2ccccc21)C(=O)N[C@@H]1CCC[C@H](C(=O)O)C1. The van der Waals surface area contributed by atoms with Gasteiger partial charge in [-0.2, -0.15) is 11.8 Å². The summed E-state index contributed by atoms with van der Waals surface area (Å²) in [5.41, 5.74) is 4.56. The Morgan fingerprint density at radius 1 is 1.06 bits per heavy atom. The number of thioether (sulfide) groups is 1. The Labute approximate surface area is 210 Å². The Morgan fingerprint density at radius 2 is 1.71 bits per heavy atom. The summed E-state index contributed by atoms with van der Waals surface area (Å²) in [6.45, 7) is 0.180. The summed E-state index contributed by atoms with van der Waals surface area (Å²) in [7, 11) is 0. The molecule has 0 spiro atoms. The molecular weight excluding hydrogens is 464 g/mol. The molecule has 0 unspecified atom stereocenters. The molecule has 0 aliphatic heterocycles. The van der Waals surface area contributed by atoms with E-state index in [0.717, 1.165) is 35.1 Å². The number of rotatable bonds is 9. The van der Waals surface area contributed by atoms with Crippen LogP contribution in [-0.4, -0.2) is 53.8 Å². The quantitative estimate of drug-likeness (QED) is 0.475. The van der Waals surface area contributed by atoms with Crippen molar-refractivity contribution in [3.63, 3.8) is 0 Å². The van der Waals surface area contributed by atoms with E-state index in [0.29, 0.717) is 25.0 Å². The standard InChI is InChI=1S/C27H32N2O5S/c1-35-14-13-24(25(30)28-18-8-6-7-17(15-18)26(31)32)29-27(33)34-16-23-21-11-4-2-9-19(21)20-10-3-5-12-22(20)23/h2-5,9-12,17-18,23-24H,6-8,13-16H2,1H3,(H,28,30)(H,29,33)(H,31,32)/t17-,18+,24-/m0/s1. The highest BCUT2D eigenvalue weighted by molar-refractivity contribution is 7.98. The zero-order valence-corrected chi connectivity index (χ0v) is 20.7. The van der Waals surface area contributed by atoms with E-state index < -0.39 is 24.0 Å². The number of fused-ring (bicyclic) bond motifs is 3. The maximum absolute atomic E-state index is 13.0. The van der Waals surface area contributed by atoms with Crippen LogP contribution >= 0.6 is 11.8 Å². The van der Waals surface area contributed by atoms with Crippen LogP contribution in [0.3, 0.4) is 0 Å². The van der Waals surface area contributed by atoms with Crippen LogP contribution in [0.4, 0.5) is 4.79 Å². The fraction of sp³-hybridized carbons (Fsp3) is 0.444. The third-order valence-electron chi connectivity index (χ3n) is 6.93. The molecule has 8 heteroatoms. The van der Waals surface area contributed by atoms with Gasteiger partial charge in [0, 0.05) is 12.0 Å². The van der Waals surface area contributed by atoms with Gasteiger partial charge in [0.15, 0.2) is 0 Å². The molecule has 4 rings (SSSR count). The van der Waals surface area contributed by atoms with Crippen molar-refractivity contribution in [2.24, 2.45) is 5.92 Å². The van der Waals surface area contributed by atoms with Crippen LogP contribution in [0.5, 0.6) is 0 Å². The fourth-order valence-electron chi connectivity index (χ4n) is 5.13. The minimum Gasteiger partial charge on any atom is -0.481 e. The first-order chi connectivity index (χ1) is 17.0. The summed E-state index contributed by atoms with van der Waals surface area (Å²) in [4.78, 5) is 37.1. The number of hydrogen-bond acceptors (Lipinski definition) is 5. The number of hydrogen-bond donors (Lipinski definition) is 3. The average molecular weight is 497 g/mol. The number of carboxylic acid groups (broad SMARTS) is 1. The molecule has 0 aromatic heterocycles. The van der Waals surface area contributed by atoms with Crippen molar-refractivity contribution < 1.29 is 24.2 Å². The molecule has 2 aliphatic carbocycles. The Bertz CT molecular complexity index is 1030. The lowest BCUT2D eigenvalue weighted by Gasteiger charge is -2.29. The van der Waals surface area contributed by atoms with Crippen LogP contribution in [0.2, 0.25) is 0 Å². The second-order valence-corrected chi connectivity index (χ2v) is 10.2. The number of amides is 2. The molecule has 2 aliphatic rings. The lowest BCUT2D eigenvalue weighted by atomic mass is 9.85. The van der Waals surface area contributed by atoms with Gasteiger partial charge in [-0.15, -0.1) is 0 Å². The number of benzene rings is 2. The molecule has 1 saturated carbocycles. The zero-order valence-electron chi connectivity index (χ0n) is 19.9. The number of carboxylic acids is 1. The zero-order chi connectivity index (χ0) is 24.8. The maximum atomic E-state index is 13.0. The summed E-state index contributed by atoms with van der Waals surface area (Å²) in [6, 6.07) is 15.3. The topological polar surface area (TPSA) is 105 Å². The van der Waals surface area contributed by atoms with E-state index in [9.17, 15) is 19.5 Å². The number of carbonyl (C=O) groups excluding carboxylic acids is 2. The van der Waals surface area contributed by atoms with Crippen LogP contribution < -0.4 is 10.6 Å². The van der Waals surface area contributed by atoms with Gasteiger partial charge in [0.1, 0.15) is 12.6 Å². The second kappa shape index (κ2) is 11.6. The highest BCUT2D eigenvalue weighted by Gasteiger charge is 2.32. The van der Waals surface area contributed by atoms with Gasteiger partial charge in [-0.3, -0.25) is 9.59 Å². The van der Waals surface area contributed by atoms with Gasteiger partial charge in [0.2, 0.25) is 5.91 Å². The average Bonchev–Trinajstić information content (AvgIpc) is 3.19. The van der Waals surface area contributed by atoms with Gasteiger partial charge >= 0.3 is 12.1 Å². The highest BCUT2D eigenvalue weighted by atomic mass is 32.2. The van der Waals surface area contributed by atoms with Gasteiger partial charge in [-0.05, 0) is 59.9 Å². The molecule has 7 nitrogen and oxygen atoms in total. The number of alkyl carbamates (subject to hydrolysis) is 1. The normalized spacial score (nSPS) is 19.8. The number of nitrogens with one attached hydrogen (secondary N) is 2. The Balaban J connectivity index is 1.36. The molecule has 2 amide bonds. The molecule has 3 N–H and O–H groups in total. The van der Waals surface area contributed by atoms with Crippen LogP contribution in [0.15, 0.2) is 48.5 Å². The number of ether oxygens (including phenoxy) is 1. The monoisotopic (exact) mass is 496 g/mol. The minimum atomic E-state index is -0.820. The first kappa shape index (κ1) is 25.1. The van der Waals surface area contributed by atoms with E-state index in [4.69, 9.17) is 4.74 Å². The van der Waals surface area contributed by atoms with Crippen molar-refractivity contribution in [1.29, 1.82) is 0 Å². The molecule has 0 radical (unpaired) electrons. The molecule has 186 valence electrons. The van der Waals surface area contributed by atoms with Gasteiger partial charge in [-0.1, -0.05) is 55.0 Å². The predicted molar refractivity (Wildman–Crippen MR) is 137 cm³/mol. The van der Waals surface area contributed by atoms with Gasteiger partial charge < -0.3 is 20.5 Å². The molecule has 0 heterocycles. The number of aliphatic carboxylic acids is 1. The minimum absolute atomic E-state index is 0.0539. The van der Waals surface area contributed by atoms with E-state index >= 15 is 0 Å².